The number of nitrogens with one attached hydrogen (secondary N) is 1. The number of likely N-dealkylation sites (tertiary alicyclic amines) is 2. The van der Waals surface area contributed by atoms with Crippen LogP contribution in [-0.2, 0) is 4.74 Å². The number of rotatable bonds is 1. The SMILES string of the molecule is CC(C)(C)OC(=O)N1CC2CCN(C(=O)Nc3ccc(Cl)cc3F)C2C1. The lowest BCUT2D eigenvalue weighted by atomic mass is 10.1. The molecule has 0 aromatic heterocycles. The molecule has 2 atom stereocenters. The number of amides is 3. The molecule has 8 heteroatoms. The van der Waals surface area contributed by atoms with Crippen molar-refractivity contribution in [2.75, 3.05) is 25.0 Å². The van der Waals surface area contributed by atoms with E-state index < -0.39 is 11.4 Å². The van der Waals surface area contributed by atoms with Crippen molar-refractivity contribution in [2.24, 2.45) is 5.92 Å². The minimum atomic E-state index is -0.580. The Hall–Kier alpha value is -2.02. The van der Waals surface area contributed by atoms with Gasteiger partial charge in [0.05, 0.1) is 11.7 Å². The maximum atomic E-state index is 13.9. The van der Waals surface area contributed by atoms with Gasteiger partial charge in [-0.3, -0.25) is 0 Å². The fourth-order valence-corrected chi connectivity index (χ4v) is 3.63. The van der Waals surface area contributed by atoms with Crippen LogP contribution in [0.1, 0.15) is 27.2 Å². The molecule has 1 aromatic carbocycles. The number of nitrogens with zero attached hydrogens (tertiary/aromatic N) is 2. The van der Waals surface area contributed by atoms with Gasteiger partial charge >= 0.3 is 12.1 Å². The lowest BCUT2D eigenvalue weighted by Gasteiger charge is -2.27. The van der Waals surface area contributed by atoms with E-state index in [2.05, 4.69) is 5.32 Å². The van der Waals surface area contributed by atoms with E-state index >= 15 is 0 Å². The van der Waals surface area contributed by atoms with Crippen LogP contribution in [0.4, 0.5) is 19.7 Å². The molecule has 2 saturated heterocycles. The van der Waals surface area contributed by atoms with E-state index in [1.807, 2.05) is 20.8 Å². The monoisotopic (exact) mass is 383 g/mol. The zero-order valence-corrected chi connectivity index (χ0v) is 15.8. The van der Waals surface area contributed by atoms with E-state index in [4.69, 9.17) is 16.3 Å². The first-order valence-electron chi connectivity index (χ1n) is 8.64. The van der Waals surface area contributed by atoms with E-state index in [0.29, 0.717) is 19.6 Å². The van der Waals surface area contributed by atoms with Crippen molar-refractivity contribution in [1.82, 2.24) is 9.80 Å². The minimum Gasteiger partial charge on any atom is -0.444 e. The van der Waals surface area contributed by atoms with Gasteiger partial charge in [-0.15, -0.1) is 0 Å². The van der Waals surface area contributed by atoms with Gasteiger partial charge in [-0.05, 0) is 45.4 Å². The molecule has 1 aromatic rings. The van der Waals surface area contributed by atoms with E-state index in [1.54, 1.807) is 9.80 Å². The summed E-state index contributed by atoms with van der Waals surface area (Å²) < 4.78 is 19.3. The highest BCUT2D eigenvalue weighted by Gasteiger charge is 2.45. The second-order valence-corrected chi connectivity index (χ2v) is 8.19. The predicted molar refractivity (Wildman–Crippen MR) is 96.8 cm³/mol. The number of urea groups is 1. The predicted octanol–water partition coefficient (Wildman–Crippen LogP) is 3.95. The summed E-state index contributed by atoms with van der Waals surface area (Å²) in [6, 6.07) is 3.66. The number of carbonyl (C=O) groups excluding carboxylic acids is 2. The molecule has 2 unspecified atom stereocenters. The van der Waals surface area contributed by atoms with Gasteiger partial charge in [-0.25, -0.2) is 14.0 Å². The summed E-state index contributed by atoms with van der Waals surface area (Å²) in [7, 11) is 0. The Bertz CT molecular complexity index is 722. The van der Waals surface area contributed by atoms with Crippen LogP contribution in [-0.4, -0.2) is 53.2 Å². The molecular formula is C18H23ClFN3O3. The van der Waals surface area contributed by atoms with Gasteiger partial charge in [0.2, 0.25) is 0 Å². The summed E-state index contributed by atoms with van der Waals surface area (Å²) in [6.45, 7) is 7.04. The molecule has 6 nitrogen and oxygen atoms in total. The zero-order valence-electron chi connectivity index (χ0n) is 15.1. The highest BCUT2D eigenvalue weighted by Crippen LogP contribution is 2.33. The molecule has 0 spiro atoms. The first-order valence-corrected chi connectivity index (χ1v) is 9.02. The highest BCUT2D eigenvalue weighted by molar-refractivity contribution is 6.30. The van der Waals surface area contributed by atoms with Gasteiger partial charge in [0.1, 0.15) is 11.4 Å². The van der Waals surface area contributed by atoms with Crippen molar-refractivity contribution in [3.8, 4) is 0 Å². The molecule has 1 N–H and O–H groups in total. The van der Waals surface area contributed by atoms with Gasteiger partial charge in [-0.1, -0.05) is 11.6 Å². The molecule has 2 heterocycles. The van der Waals surface area contributed by atoms with Crippen molar-refractivity contribution in [3.05, 3.63) is 29.0 Å². The fraction of sp³-hybridized carbons (Fsp3) is 0.556. The van der Waals surface area contributed by atoms with Crippen molar-refractivity contribution in [2.45, 2.75) is 38.8 Å². The third-order valence-corrected chi connectivity index (χ3v) is 4.87. The Labute approximate surface area is 157 Å². The lowest BCUT2D eigenvalue weighted by molar-refractivity contribution is 0.0275. The molecule has 3 rings (SSSR count). The molecular weight excluding hydrogens is 361 g/mol. The standard InChI is InChI=1S/C18H23ClFN3O3/c1-18(2,3)26-17(25)22-9-11-6-7-23(15(11)10-22)16(24)21-14-5-4-12(19)8-13(14)20/h4-5,8,11,15H,6-7,9-10H2,1-3H3,(H,21,24). The number of halogens is 2. The Balaban J connectivity index is 1.64. The number of fused-ring (bicyclic) bond motifs is 1. The van der Waals surface area contributed by atoms with Crippen molar-refractivity contribution >= 4 is 29.4 Å². The summed E-state index contributed by atoms with van der Waals surface area (Å²) in [4.78, 5) is 28.2. The average molecular weight is 384 g/mol. The third kappa shape index (κ3) is 4.03. The zero-order chi connectivity index (χ0) is 19.1. The van der Waals surface area contributed by atoms with E-state index in [1.165, 1.54) is 12.1 Å². The summed E-state index contributed by atoms with van der Waals surface area (Å²) in [5.41, 5.74) is -0.470. The largest absolute Gasteiger partial charge is 0.444 e. The smallest absolute Gasteiger partial charge is 0.410 e. The van der Waals surface area contributed by atoms with E-state index in [-0.39, 0.29) is 34.8 Å². The van der Waals surface area contributed by atoms with Crippen LogP contribution in [0, 0.1) is 11.7 Å². The van der Waals surface area contributed by atoms with Crippen LogP contribution < -0.4 is 5.32 Å². The van der Waals surface area contributed by atoms with Crippen LogP contribution in [0.15, 0.2) is 18.2 Å². The number of anilines is 1. The topological polar surface area (TPSA) is 61.9 Å². The number of ether oxygens (including phenoxy) is 1. The van der Waals surface area contributed by atoms with E-state index in [0.717, 1.165) is 12.5 Å². The Morgan fingerprint density at radius 1 is 1.31 bits per heavy atom. The van der Waals surface area contributed by atoms with Crippen LogP contribution in [0.25, 0.3) is 0 Å². The molecule has 142 valence electrons. The Kier molecular flexibility index (Phi) is 5.01. The molecule has 2 aliphatic rings. The number of hydrogen-bond acceptors (Lipinski definition) is 3. The van der Waals surface area contributed by atoms with Crippen LogP contribution in [0.3, 0.4) is 0 Å². The molecule has 0 aliphatic carbocycles. The Morgan fingerprint density at radius 3 is 2.69 bits per heavy atom. The number of carbonyl (C=O) groups is 2. The maximum absolute atomic E-state index is 13.9. The quantitative estimate of drug-likeness (QED) is 0.798. The van der Waals surface area contributed by atoms with Crippen LogP contribution >= 0.6 is 11.6 Å². The summed E-state index contributed by atoms with van der Waals surface area (Å²) >= 11 is 5.73. The second kappa shape index (κ2) is 6.95. The van der Waals surface area contributed by atoms with Gasteiger partial charge in [-0.2, -0.15) is 0 Å². The molecule has 2 fully saturated rings. The first-order chi connectivity index (χ1) is 12.1. The molecule has 0 bridgehead atoms. The van der Waals surface area contributed by atoms with Gasteiger partial charge < -0.3 is 19.9 Å². The number of hydrogen-bond donors (Lipinski definition) is 1. The van der Waals surface area contributed by atoms with Crippen molar-refractivity contribution in [1.29, 1.82) is 0 Å². The summed E-state index contributed by atoms with van der Waals surface area (Å²) in [5, 5.41) is 2.86. The first kappa shape index (κ1) is 18.8. The van der Waals surface area contributed by atoms with E-state index in [9.17, 15) is 14.0 Å². The number of benzene rings is 1. The van der Waals surface area contributed by atoms with Crippen molar-refractivity contribution < 1.29 is 18.7 Å². The fourth-order valence-electron chi connectivity index (χ4n) is 3.47. The van der Waals surface area contributed by atoms with Gasteiger partial charge in [0.25, 0.3) is 0 Å². The molecule has 26 heavy (non-hydrogen) atoms. The highest BCUT2D eigenvalue weighted by atomic mass is 35.5. The van der Waals surface area contributed by atoms with Crippen molar-refractivity contribution in [3.63, 3.8) is 0 Å². The van der Waals surface area contributed by atoms with Gasteiger partial charge in [0.15, 0.2) is 0 Å². The van der Waals surface area contributed by atoms with Crippen LogP contribution in [0.5, 0.6) is 0 Å². The molecule has 0 radical (unpaired) electrons. The summed E-state index contributed by atoms with van der Waals surface area (Å²) in [5.74, 6) is -0.369. The Morgan fingerprint density at radius 2 is 2.04 bits per heavy atom. The van der Waals surface area contributed by atoms with Gasteiger partial charge in [0, 0.05) is 30.6 Å². The normalized spacial score (nSPS) is 22.3. The van der Waals surface area contributed by atoms with Crippen LogP contribution in [0.2, 0.25) is 5.02 Å². The molecule has 0 saturated carbocycles. The maximum Gasteiger partial charge on any atom is 0.410 e. The summed E-state index contributed by atoms with van der Waals surface area (Å²) in [6.07, 6.45) is 0.441. The average Bonchev–Trinajstić information content (AvgIpc) is 3.08. The molecule has 2 aliphatic heterocycles. The molecule has 3 amide bonds. The lowest BCUT2D eigenvalue weighted by Crippen LogP contribution is -2.43. The second-order valence-electron chi connectivity index (χ2n) is 7.75. The minimum absolute atomic E-state index is 0.0853. The third-order valence-electron chi connectivity index (χ3n) is 4.63.